The Morgan fingerprint density at radius 1 is 0.724 bits per heavy atom. The molecule has 2 aliphatic heterocycles. The Morgan fingerprint density at radius 2 is 1.38 bits per heavy atom. The number of fused-ring (bicyclic) bond motifs is 2. The Bertz CT molecular complexity index is 801. The molecule has 5 nitrogen and oxygen atoms in total. The maximum atomic E-state index is 11.9. The summed E-state index contributed by atoms with van der Waals surface area (Å²) in [5.74, 6) is -0.202. The summed E-state index contributed by atoms with van der Waals surface area (Å²) in [6.45, 7) is 5.30. The van der Waals surface area contributed by atoms with E-state index in [1.54, 1.807) is 0 Å². The average Bonchev–Trinajstić information content (AvgIpc) is 3.40. The third-order valence-electron chi connectivity index (χ3n) is 12.6. The quantitative estimate of drug-likeness (QED) is 0.673. The second-order valence-electron chi connectivity index (χ2n) is 12.1. The Balaban J connectivity index is 1.30. The molecule has 0 radical (unpaired) electrons. The summed E-state index contributed by atoms with van der Waals surface area (Å²) < 4.78 is 25.3. The molecule has 1 N–H and O–H groups in total. The van der Waals surface area contributed by atoms with Gasteiger partial charge in [-0.05, 0) is 67.1 Å². The molecule has 0 aromatic rings. The number of hydrogen-bond donors (Lipinski definition) is 1. The van der Waals surface area contributed by atoms with Gasteiger partial charge in [-0.3, -0.25) is 0 Å². The maximum absolute atomic E-state index is 11.9. The zero-order valence-electron chi connectivity index (χ0n) is 17.6. The Morgan fingerprint density at radius 3 is 2.03 bits per heavy atom. The van der Waals surface area contributed by atoms with E-state index in [-0.39, 0.29) is 28.1 Å². The van der Waals surface area contributed by atoms with Crippen LogP contribution in [0.5, 0.6) is 0 Å². The van der Waals surface area contributed by atoms with Gasteiger partial charge in [0.15, 0.2) is 11.6 Å². The molecule has 29 heavy (non-hydrogen) atoms. The highest BCUT2D eigenvalue weighted by Crippen LogP contribution is 3.02. The van der Waals surface area contributed by atoms with Gasteiger partial charge in [0.2, 0.25) is 0 Å². The zero-order chi connectivity index (χ0) is 19.4. The normalized spacial score (nSPS) is 62.3. The molecule has 6 aliphatic carbocycles. The molecule has 8 aliphatic rings. The predicted molar refractivity (Wildman–Crippen MR) is 103 cm³/mol. The van der Waals surface area contributed by atoms with Gasteiger partial charge in [-0.15, -0.1) is 0 Å². The Kier molecular flexibility index (Phi) is 2.76. The van der Waals surface area contributed by atoms with E-state index in [1.165, 1.54) is 38.5 Å². The van der Waals surface area contributed by atoms with Crippen molar-refractivity contribution in [2.45, 2.75) is 88.8 Å². The molecular weight excluding hydrogens is 368 g/mol. The summed E-state index contributed by atoms with van der Waals surface area (Å²) >= 11 is 0. The second-order valence-corrected chi connectivity index (χ2v) is 12.1. The lowest BCUT2D eigenvalue weighted by atomic mass is 9.05. The molecule has 8 rings (SSSR count). The van der Waals surface area contributed by atoms with Crippen LogP contribution in [0, 0.1) is 33.0 Å². The number of rotatable bonds is 0. The van der Waals surface area contributed by atoms with Crippen LogP contribution in [-0.2, 0) is 18.9 Å². The third kappa shape index (κ3) is 1.31. The van der Waals surface area contributed by atoms with Crippen LogP contribution in [0.1, 0.15) is 71.1 Å². The highest BCUT2D eigenvalue weighted by Gasteiger charge is 2.99. The van der Waals surface area contributed by atoms with E-state index >= 15 is 0 Å². The van der Waals surface area contributed by atoms with Crippen molar-refractivity contribution in [3.8, 4) is 0 Å². The molecule has 2 heterocycles. The maximum Gasteiger partial charge on any atom is 0.174 e. The largest absolute Gasteiger partial charge is 0.392 e. The van der Waals surface area contributed by atoms with Crippen molar-refractivity contribution in [3.63, 3.8) is 0 Å². The summed E-state index contributed by atoms with van der Waals surface area (Å²) in [5, 5.41) is 11.9. The van der Waals surface area contributed by atoms with E-state index in [9.17, 15) is 5.11 Å². The van der Waals surface area contributed by atoms with Gasteiger partial charge in [0, 0.05) is 30.1 Å². The fraction of sp³-hybridized carbons (Fsp3) is 1.00. The van der Waals surface area contributed by atoms with Gasteiger partial charge in [-0.2, -0.15) is 0 Å². The lowest BCUT2D eigenvalue weighted by Gasteiger charge is -2.98. The number of hydrogen-bond acceptors (Lipinski definition) is 5. The minimum atomic E-state index is -0.458. The summed E-state index contributed by atoms with van der Waals surface area (Å²) in [7, 11) is 0. The molecular formula is C24H34O5. The van der Waals surface area contributed by atoms with Gasteiger partial charge >= 0.3 is 0 Å². The highest BCUT2D eigenvalue weighted by atomic mass is 16.7. The SMILES string of the molecule is C[C@]12C[C@H](O)C34CCC35CCC3(CC56CC[C@@]64[C@@H]1CCC21OCCO1)OCCO3. The van der Waals surface area contributed by atoms with Gasteiger partial charge in [0.05, 0.1) is 32.5 Å². The molecule has 6 spiro atoms. The summed E-state index contributed by atoms with van der Waals surface area (Å²) in [6.07, 6.45) is 11.2. The molecule has 0 aromatic heterocycles. The lowest BCUT2D eigenvalue weighted by molar-refractivity contribution is -0.536. The first-order valence-electron chi connectivity index (χ1n) is 12.2. The predicted octanol–water partition coefficient (Wildman–Crippen LogP) is 3.38. The minimum Gasteiger partial charge on any atom is -0.392 e. The standard InChI is InChI=1S/C24H34O5/c1-18-14-17(25)23-9-5-19(23)4-7-21(26-10-11-27-21)15-20(19)6-8-22(20,23)16(18)2-3-24(18)28-12-13-29-24/h16-17,25H,2-15H2,1H3/t16-,17+,18+,19?,20?,22-,23?/m1/s1. The summed E-state index contributed by atoms with van der Waals surface area (Å²) in [5.41, 5.74) is 0.954. The fourth-order valence-corrected chi connectivity index (χ4v) is 12.1. The molecule has 0 aromatic carbocycles. The first-order chi connectivity index (χ1) is 14.0. The van der Waals surface area contributed by atoms with Crippen LogP contribution in [-0.4, -0.2) is 49.2 Å². The van der Waals surface area contributed by atoms with E-state index in [1.807, 2.05) is 0 Å². The fourth-order valence-electron chi connectivity index (χ4n) is 12.1. The van der Waals surface area contributed by atoms with Crippen molar-refractivity contribution >= 4 is 0 Å². The molecule has 0 amide bonds. The summed E-state index contributed by atoms with van der Waals surface area (Å²) in [4.78, 5) is 0. The molecule has 6 saturated carbocycles. The lowest BCUT2D eigenvalue weighted by Crippen LogP contribution is -2.95. The second kappa shape index (κ2) is 4.61. The van der Waals surface area contributed by atoms with Gasteiger partial charge in [0.25, 0.3) is 0 Å². The molecule has 7 atom stereocenters. The van der Waals surface area contributed by atoms with Crippen LogP contribution in [0.4, 0.5) is 0 Å². The van der Waals surface area contributed by atoms with Crippen LogP contribution in [0.25, 0.3) is 0 Å². The minimum absolute atomic E-state index is 0.0780. The molecule has 5 heteroatoms. The van der Waals surface area contributed by atoms with Crippen LogP contribution in [0.15, 0.2) is 0 Å². The first-order valence-corrected chi connectivity index (χ1v) is 12.2. The molecule has 8 fully saturated rings. The number of aliphatic hydroxyl groups is 1. The van der Waals surface area contributed by atoms with Crippen molar-refractivity contribution in [2.24, 2.45) is 33.0 Å². The molecule has 3 unspecified atom stereocenters. The smallest absolute Gasteiger partial charge is 0.174 e. The van der Waals surface area contributed by atoms with E-state index in [2.05, 4.69) is 6.92 Å². The van der Waals surface area contributed by atoms with Crippen LogP contribution >= 0.6 is 0 Å². The van der Waals surface area contributed by atoms with E-state index in [0.717, 1.165) is 38.9 Å². The van der Waals surface area contributed by atoms with Gasteiger partial charge in [-0.1, -0.05) is 6.92 Å². The first kappa shape index (κ1) is 17.4. The number of aliphatic hydroxyl groups excluding tert-OH is 1. The Labute approximate surface area is 172 Å². The molecule has 160 valence electrons. The Hall–Kier alpha value is -0.200. The van der Waals surface area contributed by atoms with Crippen molar-refractivity contribution in [2.75, 3.05) is 26.4 Å². The van der Waals surface area contributed by atoms with Crippen LogP contribution in [0.2, 0.25) is 0 Å². The molecule has 0 bridgehead atoms. The zero-order valence-corrected chi connectivity index (χ0v) is 17.6. The van der Waals surface area contributed by atoms with E-state index in [0.29, 0.717) is 30.0 Å². The molecule has 2 saturated heterocycles. The van der Waals surface area contributed by atoms with E-state index in [4.69, 9.17) is 18.9 Å². The van der Waals surface area contributed by atoms with E-state index < -0.39 is 5.79 Å². The topological polar surface area (TPSA) is 57.2 Å². The van der Waals surface area contributed by atoms with Gasteiger partial charge < -0.3 is 24.1 Å². The van der Waals surface area contributed by atoms with Crippen molar-refractivity contribution in [1.82, 2.24) is 0 Å². The van der Waals surface area contributed by atoms with Crippen molar-refractivity contribution in [1.29, 1.82) is 0 Å². The average molecular weight is 403 g/mol. The van der Waals surface area contributed by atoms with Crippen molar-refractivity contribution < 1.29 is 24.1 Å². The van der Waals surface area contributed by atoms with Crippen molar-refractivity contribution in [3.05, 3.63) is 0 Å². The monoisotopic (exact) mass is 402 g/mol. The van der Waals surface area contributed by atoms with Gasteiger partial charge in [0.1, 0.15) is 0 Å². The van der Waals surface area contributed by atoms with Gasteiger partial charge in [-0.25, -0.2) is 0 Å². The summed E-state index contributed by atoms with van der Waals surface area (Å²) in [6, 6.07) is 0. The highest BCUT2D eigenvalue weighted by molar-refractivity contribution is 5.46. The number of ether oxygens (including phenoxy) is 4. The third-order valence-corrected chi connectivity index (χ3v) is 12.6. The van der Waals surface area contributed by atoms with Crippen LogP contribution < -0.4 is 0 Å². The van der Waals surface area contributed by atoms with Crippen LogP contribution in [0.3, 0.4) is 0 Å².